The molecule has 2 aromatic carbocycles. The zero-order valence-electron chi connectivity index (χ0n) is 14.8. The first-order valence-electron chi connectivity index (χ1n) is 8.82. The van der Waals surface area contributed by atoms with Crippen LogP contribution in [0.4, 0.5) is 18.9 Å². The van der Waals surface area contributed by atoms with E-state index in [2.05, 4.69) is 4.90 Å². The summed E-state index contributed by atoms with van der Waals surface area (Å²) >= 11 is 0. The maximum Gasteiger partial charge on any atom is 0.419 e. The maximum absolute atomic E-state index is 13.0. The van der Waals surface area contributed by atoms with Gasteiger partial charge in [0.15, 0.2) is 6.61 Å². The molecule has 1 fully saturated rings. The van der Waals surface area contributed by atoms with E-state index in [9.17, 15) is 18.0 Å². The van der Waals surface area contributed by atoms with Gasteiger partial charge >= 0.3 is 6.18 Å². The van der Waals surface area contributed by atoms with Gasteiger partial charge < -0.3 is 14.5 Å². The Bertz CT molecular complexity index is 765. The van der Waals surface area contributed by atoms with Crippen LogP contribution in [-0.2, 0) is 11.0 Å². The van der Waals surface area contributed by atoms with E-state index in [4.69, 9.17) is 4.74 Å². The fraction of sp³-hybridized carbons (Fsp3) is 0.350. The summed E-state index contributed by atoms with van der Waals surface area (Å²) in [6.45, 7) is 2.17. The molecule has 0 aliphatic carbocycles. The number of carbonyl (C=O) groups excluding carboxylic acids is 1. The highest BCUT2D eigenvalue weighted by molar-refractivity contribution is 5.78. The van der Waals surface area contributed by atoms with Crippen molar-refractivity contribution in [3.8, 4) is 5.75 Å². The molecule has 27 heavy (non-hydrogen) atoms. The lowest BCUT2D eigenvalue weighted by Crippen LogP contribution is -2.38. The average Bonchev–Trinajstić information content (AvgIpc) is 2.92. The molecule has 0 saturated carbocycles. The molecule has 4 nitrogen and oxygen atoms in total. The van der Waals surface area contributed by atoms with Crippen LogP contribution in [-0.4, -0.2) is 43.6 Å². The van der Waals surface area contributed by atoms with E-state index in [1.54, 1.807) is 4.90 Å². The Morgan fingerprint density at radius 2 is 1.63 bits per heavy atom. The van der Waals surface area contributed by atoms with Crippen molar-refractivity contribution in [3.63, 3.8) is 0 Å². The Morgan fingerprint density at radius 1 is 0.926 bits per heavy atom. The zero-order valence-corrected chi connectivity index (χ0v) is 14.8. The second-order valence-corrected chi connectivity index (χ2v) is 6.34. The highest BCUT2D eigenvalue weighted by Gasteiger charge is 2.34. The van der Waals surface area contributed by atoms with Gasteiger partial charge in [0.1, 0.15) is 5.75 Å². The lowest BCUT2D eigenvalue weighted by atomic mass is 10.2. The van der Waals surface area contributed by atoms with Crippen molar-refractivity contribution in [2.75, 3.05) is 37.7 Å². The fourth-order valence-corrected chi connectivity index (χ4v) is 3.12. The smallest absolute Gasteiger partial charge is 0.419 e. The Balaban J connectivity index is 1.58. The standard InChI is InChI=1S/C20H21F3N2O2/c21-20(22,23)17-9-4-5-10-18(17)27-15-19(26)25-12-6-11-24(13-14-25)16-7-2-1-3-8-16/h1-5,7-10H,6,11-15H2. The number of nitrogens with zero attached hydrogens (tertiary/aromatic N) is 2. The largest absolute Gasteiger partial charge is 0.483 e. The molecule has 1 aliphatic rings. The number of anilines is 1. The number of alkyl halides is 3. The summed E-state index contributed by atoms with van der Waals surface area (Å²) in [7, 11) is 0. The van der Waals surface area contributed by atoms with Crippen LogP contribution in [0.25, 0.3) is 0 Å². The molecule has 1 amide bonds. The third-order valence-corrected chi connectivity index (χ3v) is 4.51. The number of hydrogen-bond acceptors (Lipinski definition) is 3. The third-order valence-electron chi connectivity index (χ3n) is 4.51. The normalized spacial score (nSPS) is 15.4. The van der Waals surface area contributed by atoms with Crippen molar-refractivity contribution in [2.45, 2.75) is 12.6 Å². The van der Waals surface area contributed by atoms with Crippen LogP contribution in [0.3, 0.4) is 0 Å². The van der Waals surface area contributed by atoms with Gasteiger partial charge in [-0.15, -0.1) is 0 Å². The van der Waals surface area contributed by atoms with Crippen molar-refractivity contribution in [2.24, 2.45) is 0 Å². The van der Waals surface area contributed by atoms with Gasteiger partial charge in [0.25, 0.3) is 5.91 Å². The van der Waals surface area contributed by atoms with Crippen LogP contribution >= 0.6 is 0 Å². The Hall–Kier alpha value is -2.70. The lowest BCUT2D eigenvalue weighted by Gasteiger charge is -2.24. The minimum absolute atomic E-state index is 0.304. The van der Waals surface area contributed by atoms with E-state index >= 15 is 0 Å². The molecule has 2 aromatic rings. The van der Waals surface area contributed by atoms with Crippen LogP contribution in [0.1, 0.15) is 12.0 Å². The molecule has 0 radical (unpaired) electrons. The first-order chi connectivity index (χ1) is 12.9. The van der Waals surface area contributed by atoms with Gasteiger partial charge in [-0.3, -0.25) is 4.79 Å². The number of para-hydroxylation sites is 2. The molecule has 0 spiro atoms. The van der Waals surface area contributed by atoms with Crippen molar-refractivity contribution in [1.29, 1.82) is 0 Å². The predicted molar refractivity (Wildman–Crippen MR) is 96.8 cm³/mol. The van der Waals surface area contributed by atoms with Crippen LogP contribution in [0.15, 0.2) is 54.6 Å². The van der Waals surface area contributed by atoms with E-state index in [1.807, 2.05) is 30.3 Å². The molecular weight excluding hydrogens is 357 g/mol. The van der Waals surface area contributed by atoms with Crippen LogP contribution in [0.5, 0.6) is 5.75 Å². The van der Waals surface area contributed by atoms with Gasteiger partial charge in [-0.25, -0.2) is 0 Å². The highest BCUT2D eigenvalue weighted by atomic mass is 19.4. The molecule has 0 atom stereocenters. The molecular formula is C20H21F3N2O2. The summed E-state index contributed by atoms with van der Waals surface area (Å²) in [6, 6.07) is 14.9. The second-order valence-electron chi connectivity index (χ2n) is 6.34. The van der Waals surface area contributed by atoms with Gasteiger partial charge in [-0.1, -0.05) is 30.3 Å². The predicted octanol–water partition coefficient (Wildman–Crippen LogP) is 3.82. The molecule has 0 bridgehead atoms. The molecule has 3 rings (SSSR count). The van der Waals surface area contributed by atoms with Crippen molar-refractivity contribution in [1.82, 2.24) is 4.90 Å². The summed E-state index contributed by atoms with van der Waals surface area (Å²) in [4.78, 5) is 16.3. The van der Waals surface area contributed by atoms with E-state index in [0.29, 0.717) is 19.6 Å². The van der Waals surface area contributed by atoms with Crippen molar-refractivity contribution < 1.29 is 22.7 Å². The zero-order chi connectivity index (χ0) is 19.3. The van der Waals surface area contributed by atoms with Crippen molar-refractivity contribution in [3.05, 3.63) is 60.2 Å². The molecule has 0 aromatic heterocycles. The average molecular weight is 378 g/mol. The van der Waals surface area contributed by atoms with Gasteiger partial charge in [0, 0.05) is 31.9 Å². The van der Waals surface area contributed by atoms with E-state index in [1.165, 1.54) is 18.2 Å². The minimum Gasteiger partial charge on any atom is -0.483 e. The quantitative estimate of drug-likeness (QED) is 0.811. The number of ether oxygens (including phenoxy) is 1. The minimum atomic E-state index is -4.52. The van der Waals surface area contributed by atoms with E-state index < -0.39 is 18.3 Å². The monoisotopic (exact) mass is 378 g/mol. The fourth-order valence-electron chi connectivity index (χ4n) is 3.12. The van der Waals surface area contributed by atoms with Crippen molar-refractivity contribution >= 4 is 11.6 Å². The number of carbonyl (C=O) groups is 1. The summed E-state index contributed by atoms with van der Waals surface area (Å²) in [5, 5.41) is 0. The Labute approximate surface area is 156 Å². The van der Waals surface area contributed by atoms with Gasteiger partial charge in [-0.05, 0) is 30.7 Å². The molecule has 1 saturated heterocycles. The Kier molecular flexibility index (Phi) is 5.88. The first-order valence-corrected chi connectivity index (χ1v) is 8.82. The first kappa shape index (κ1) is 19.1. The molecule has 1 aliphatic heterocycles. The molecule has 0 unspecified atom stereocenters. The van der Waals surface area contributed by atoms with Crippen LogP contribution in [0.2, 0.25) is 0 Å². The highest BCUT2D eigenvalue weighted by Crippen LogP contribution is 2.35. The third kappa shape index (κ3) is 4.93. The summed E-state index contributed by atoms with van der Waals surface area (Å²) < 4.78 is 44.2. The molecule has 144 valence electrons. The summed E-state index contributed by atoms with van der Waals surface area (Å²) in [5.74, 6) is -0.624. The second kappa shape index (κ2) is 8.33. The van der Waals surface area contributed by atoms with Gasteiger partial charge in [0.2, 0.25) is 0 Å². The molecule has 1 heterocycles. The van der Waals surface area contributed by atoms with Gasteiger partial charge in [0.05, 0.1) is 5.56 Å². The summed E-state index contributed by atoms with van der Waals surface area (Å²) in [6.07, 6.45) is -3.72. The number of halogens is 3. The topological polar surface area (TPSA) is 32.8 Å². The van der Waals surface area contributed by atoms with Gasteiger partial charge in [-0.2, -0.15) is 13.2 Å². The number of rotatable bonds is 4. The Morgan fingerprint density at radius 3 is 2.37 bits per heavy atom. The van der Waals surface area contributed by atoms with E-state index in [0.717, 1.165) is 24.7 Å². The van der Waals surface area contributed by atoms with Crippen LogP contribution in [0, 0.1) is 0 Å². The SMILES string of the molecule is O=C(COc1ccccc1C(F)(F)F)N1CCCN(c2ccccc2)CC1. The number of hydrogen-bond donors (Lipinski definition) is 0. The maximum atomic E-state index is 13.0. The number of benzene rings is 2. The van der Waals surface area contributed by atoms with E-state index in [-0.39, 0.29) is 11.7 Å². The molecule has 0 N–H and O–H groups in total. The molecule has 7 heteroatoms. The summed E-state index contributed by atoms with van der Waals surface area (Å²) in [5.41, 5.74) is 0.228. The number of amides is 1. The van der Waals surface area contributed by atoms with Crippen LogP contribution < -0.4 is 9.64 Å². The lowest BCUT2D eigenvalue weighted by molar-refractivity contribution is -0.141.